The van der Waals surface area contributed by atoms with Crippen LogP contribution in [0, 0.1) is 29.1 Å². The zero-order chi connectivity index (χ0) is 29.6. The first-order valence-electron chi connectivity index (χ1n) is 16.5. The summed E-state index contributed by atoms with van der Waals surface area (Å²) < 4.78 is 45.5. The van der Waals surface area contributed by atoms with E-state index in [4.69, 9.17) is 4.74 Å². The highest BCUT2D eigenvalue weighted by Crippen LogP contribution is 2.44. The van der Waals surface area contributed by atoms with Gasteiger partial charge in [0.05, 0.1) is 12.2 Å². The van der Waals surface area contributed by atoms with Crippen molar-refractivity contribution in [1.82, 2.24) is 4.90 Å². The molecule has 6 heteroatoms. The molecule has 0 bridgehead atoms. The number of hydrogen-bond acceptors (Lipinski definition) is 3. The van der Waals surface area contributed by atoms with Crippen molar-refractivity contribution in [2.75, 3.05) is 19.7 Å². The quantitative estimate of drug-likeness (QED) is 0.259. The molecule has 0 saturated heterocycles. The van der Waals surface area contributed by atoms with E-state index in [1.54, 1.807) is 12.1 Å². The van der Waals surface area contributed by atoms with E-state index < -0.39 is 11.7 Å². The van der Waals surface area contributed by atoms with Gasteiger partial charge in [0.25, 0.3) is 0 Å². The van der Waals surface area contributed by atoms with Crippen molar-refractivity contribution in [2.24, 2.45) is 29.1 Å². The van der Waals surface area contributed by atoms with Crippen LogP contribution in [0.5, 0.6) is 0 Å². The summed E-state index contributed by atoms with van der Waals surface area (Å²) in [7, 11) is 0. The zero-order valence-corrected chi connectivity index (χ0v) is 26.0. The minimum Gasteiger partial charge on any atom is -0.466 e. The predicted molar refractivity (Wildman–Crippen MR) is 160 cm³/mol. The summed E-state index contributed by atoms with van der Waals surface area (Å²) in [6.07, 6.45) is 10.5. The van der Waals surface area contributed by atoms with Crippen LogP contribution in [0.3, 0.4) is 0 Å². The van der Waals surface area contributed by atoms with Crippen LogP contribution in [0.1, 0.15) is 128 Å². The third-order valence-electron chi connectivity index (χ3n) is 10.7. The first-order valence-corrected chi connectivity index (χ1v) is 16.5. The van der Waals surface area contributed by atoms with Gasteiger partial charge in [0.2, 0.25) is 0 Å². The predicted octanol–water partition coefficient (Wildman–Crippen LogP) is 9.65. The molecule has 3 fully saturated rings. The summed E-state index contributed by atoms with van der Waals surface area (Å²) in [5.74, 6) is 2.44. The highest BCUT2D eigenvalue weighted by atomic mass is 19.4. The normalized spacial score (nSPS) is 28.2. The molecule has 0 aromatic heterocycles. The standard InChI is InChI=1S/C35H54F3NO2/c1-5-41-33(40)23-27-12-19-32(31(22-27)28-13-17-30(18-14-28)35(36,37)38)39(21-20-25-8-6-7-9-25)24-26-10-15-29(16-11-26)34(2,3)4/h13-14,17-18,25-27,29,31-32H,5-12,15-16,19-24H2,1-4H3/t26?,27-,29?,31+,32-/m1/s1. The summed E-state index contributed by atoms with van der Waals surface area (Å²) in [5.41, 5.74) is 0.752. The number of hydrogen-bond donors (Lipinski definition) is 0. The average molecular weight is 578 g/mol. The highest BCUT2D eigenvalue weighted by Gasteiger charge is 2.39. The van der Waals surface area contributed by atoms with Gasteiger partial charge < -0.3 is 4.74 Å². The fourth-order valence-corrected chi connectivity index (χ4v) is 8.18. The SMILES string of the molecule is CCOC(=O)C[C@@H]1CC[C@@H](N(CCC2CCCC2)CC2CCC(C(C)(C)C)CC2)[C@H](c2ccc(C(F)(F)F)cc2)C1. The van der Waals surface area contributed by atoms with E-state index in [2.05, 4.69) is 25.7 Å². The van der Waals surface area contributed by atoms with Crippen LogP contribution in [-0.4, -0.2) is 36.6 Å². The van der Waals surface area contributed by atoms with Gasteiger partial charge in [-0.2, -0.15) is 13.2 Å². The minimum atomic E-state index is -4.34. The molecule has 0 radical (unpaired) electrons. The second-order valence-electron chi connectivity index (χ2n) is 14.5. The zero-order valence-electron chi connectivity index (χ0n) is 26.0. The Morgan fingerprint density at radius 2 is 1.51 bits per heavy atom. The third-order valence-corrected chi connectivity index (χ3v) is 10.7. The number of esters is 1. The van der Waals surface area contributed by atoms with Gasteiger partial charge in [0, 0.05) is 19.0 Å². The molecule has 0 N–H and O–H groups in total. The molecule has 0 amide bonds. The average Bonchev–Trinajstić information content (AvgIpc) is 3.44. The van der Waals surface area contributed by atoms with Crippen LogP contribution in [-0.2, 0) is 15.7 Å². The Morgan fingerprint density at radius 1 is 0.878 bits per heavy atom. The maximum absolute atomic E-state index is 13.4. The third kappa shape index (κ3) is 9.21. The van der Waals surface area contributed by atoms with Crippen LogP contribution in [0.2, 0.25) is 0 Å². The molecule has 3 aliphatic rings. The molecule has 0 aliphatic heterocycles. The number of nitrogens with zero attached hydrogens (tertiary/aromatic N) is 1. The maximum atomic E-state index is 13.4. The van der Waals surface area contributed by atoms with Gasteiger partial charge in [-0.05, 0) is 118 Å². The molecule has 1 aromatic carbocycles. The number of rotatable bonds is 10. The van der Waals surface area contributed by atoms with Gasteiger partial charge in [-0.15, -0.1) is 0 Å². The van der Waals surface area contributed by atoms with Gasteiger partial charge in [-0.3, -0.25) is 9.69 Å². The number of carbonyl (C=O) groups is 1. The molecule has 3 atom stereocenters. The number of carbonyl (C=O) groups excluding carboxylic acids is 1. The first-order chi connectivity index (χ1) is 19.4. The van der Waals surface area contributed by atoms with Crippen LogP contribution < -0.4 is 0 Å². The van der Waals surface area contributed by atoms with Gasteiger partial charge >= 0.3 is 12.1 Å². The van der Waals surface area contributed by atoms with Gasteiger partial charge in [0.15, 0.2) is 0 Å². The van der Waals surface area contributed by atoms with Gasteiger partial charge in [0.1, 0.15) is 0 Å². The molecule has 41 heavy (non-hydrogen) atoms. The molecule has 0 unspecified atom stereocenters. The molecule has 232 valence electrons. The van der Waals surface area contributed by atoms with Crippen molar-refractivity contribution in [3.05, 3.63) is 35.4 Å². The number of halogens is 3. The Hall–Kier alpha value is -1.56. The number of alkyl halides is 3. The molecule has 3 saturated carbocycles. The van der Waals surface area contributed by atoms with E-state index in [9.17, 15) is 18.0 Å². The van der Waals surface area contributed by atoms with Crippen LogP contribution >= 0.6 is 0 Å². The Kier molecular flexibility index (Phi) is 11.3. The molecular formula is C35H54F3NO2. The molecule has 0 spiro atoms. The van der Waals surface area contributed by atoms with E-state index in [1.807, 2.05) is 6.92 Å². The molecule has 0 heterocycles. The van der Waals surface area contributed by atoms with Gasteiger partial charge in [-0.25, -0.2) is 0 Å². The van der Waals surface area contributed by atoms with Crippen LogP contribution in [0.25, 0.3) is 0 Å². The smallest absolute Gasteiger partial charge is 0.416 e. The van der Waals surface area contributed by atoms with Crippen molar-refractivity contribution in [3.8, 4) is 0 Å². The molecule has 1 aromatic rings. The summed E-state index contributed by atoms with van der Waals surface area (Å²) >= 11 is 0. The van der Waals surface area contributed by atoms with E-state index in [-0.39, 0.29) is 17.8 Å². The molecule has 3 aliphatic carbocycles. The van der Waals surface area contributed by atoms with E-state index in [0.717, 1.165) is 49.8 Å². The van der Waals surface area contributed by atoms with E-state index >= 15 is 0 Å². The molecule has 4 rings (SSSR count). The molecular weight excluding hydrogens is 523 g/mol. The van der Waals surface area contributed by atoms with E-state index in [1.165, 1.54) is 69.9 Å². The largest absolute Gasteiger partial charge is 0.466 e. The maximum Gasteiger partial charge on any atom is 0.416 e. The summed E-state index contributed by atoms with van der Waals surface area (Å²) in [6, 6.07) is 6.20. The Morgan fingerprint density at radius 3 is 2.10 bits per heavy atom. The number of benzene rings is 1. The first kappa shape index (κ1) is 32.4. The van der Waals surface area contributed by atoms with Crippen LogP contribution in [0.4, 0.5) is 13.2 Å². The second-order valence-corrected chi connectivity index (χ2v) is 14.5. The molecule has 3 nitrogen and oxygen atoms in total. The summed E-state index contributed by atoms with van der Waals surface area (Å²) in [5, 5.41) is 0. The lowest BCUT2D eigenvalue weighted by Gasteiger charge is -2.45. The minimum absolute atomic E-state index is 0.125. The lowest BCUT2D eigenvalue weighted by atomic mass is 9.69. The Bertz CT molecular complexity index is 940. The lowest BCUT2D eigenvalue weighted by Crippen LogP contribution is -2.46. The van der Waals surface area contributed by atoms with Crippen molar-refractivity contribution in [1.29, 1.82) is 0 Å². The number of ether oxygens (including phenoxy) is 1. The van der Waals surface area contributed by atoms with Crippen molar-refractivity contribution < 1.29 is 22.7 Å². The lowest BCUT2D eigenvalue weighted by molar-refractivity contribution is -0.144. The van der Waals surface area contributed by atoms with E-state index in [0.29, 0.717) is 30.4 Å². The topological polar surface area (TPSA) is 29.5 Å². The fourth-order valence-electron chi connectivity index (χ4n) is 8.18. The highest BCUT2D eigenvalue weighted by molar-refractivity contribution is 5.69. The Balaban J connectivity index is 1.54. The van der Waals surface area contributed by atoms with Crippen LogP contribution in [0.15, 0.2) is 24.3 Å². The summed E-state index contributed by atoms with van der Waals surface area (Å²) in [4.78, 5) is 15.1. The Labute approximate surface area is 247 Å². The monoisotopic (exact) mass is 577 g/mol. The summed E-state index contributed by atoms with van der Waals surface area (Å²) in [6.45, 7) is 11.5. The van der Waals surface area contributed by atoms with Crippen molar-refractivity contribution >= 4 is 5.97 Å². The fraction of sp³-hybridized carbons (Fsp3) is 0.800. The van der Waals surface area contributed by atoms with Crippen molar-refractivity contribution in [3.63, 3.8) is 0 Å². The van der Waals surface area contributed by atoms with Gasteiger partial charge in [-0.1, -0.05) is 58.6 Å². The van der Waals surface area contributed by atoms with Crippen molar-refractivity contribution in [2.45, 2.75) is 129 Å². The second kappa shape index (κ2) is 14.3.